The van der Waals surface area contributed by atoms with E-state index in [9.17, 15) is 9.59 Å². The molecular weight excluding hydrogens is 394 g/mol. The van der Waals surface area contributed by atoms with Crippen LogP contribution in [0.1, 0.15) is 32.0 Å². The Labute approximate surface area is 178 Å². The van der Waals surface area contributed by atoms with Gasteiger partial charge in [-0.05, 0) is 24.3 Å². The lowest BCUT2D eigenvalue weighted by Gasteiger charge is -2.28. The van der Waals surface area contributed by atoms with E-state index in [1.165, 1.54) is 6.07 Å². The Morgan fingerprint density at radius 2 is 1.55 bits per heavy atom. The van der Waals surface area contributed by atoms with Gasteiger partial charge in [0.05, 0.1) is 0 Å². The maximum Gasteiger partial charge on any atom is 0.360 e. The number of aromatic amines is 1. The van der Waals surface area contributed by atoms with E-state index >= 15 is 0 Å². The van der Waals surface area contributed by atoms with Crippen molar-refractivity contribution < 1.29 is 23.8 Å². The van der Waals surface area contributed by atoms with Gasteiger partial charge in [0.1, 0.15) is 12.0 Å². The number of fused-ring (bicyclic) bond motifs is 1. The highest BCUT2D eigenvalue weighted by atomic mass is 16.7. The predicted octanol–water partition coefficient (Wildman–Crippen LogP) is 4.72. The topological polar surface area (TPSA) is 77.6 Å². The van der Waals surface area contributed by atoms with Crippen molar-refractivity contribution in [1.29, 1.82) is 0 Å². The van der Waals surface area contributed by atoms with Crippen LogP contribution in [0.15, 0.2) is 91.1 Å². The van der Waals surface area contributed by atoms with Gasteiger partial charge in [0.25, 0.3) is 0 Å². The quantitative estimate of drug-likeness (QED) is 0.292. The normalized spacial score (nSPS) is 13.5. The molecular formula is C25H17NO5. The van der Waals surface area contributed by atoms with Gasteiger partial charge in [0, 0.05) is 22.9 Å². The highest BCUT2D eigenvalue weighted by molar-refractivity contribution is 5.90. The molecule has 0 saturated heterocycles. The second kappa shape index (κ2) is 7.50. The van der Waals surface area contributed by atoms with Crippen molar-refractivity contribution in [2.24, 2.45) is 0 Å². The average Bonchev–Trinajstić information content (AvgIpc) is 3.49. The third-order valence-electron chi connectivity index (χ3n) is 5.01. The summed E-state index contributed by atoms with van der Waals surface area (Å²) in [6.07, 6.45) is 2.29. The first-order chi connectivity index (χ1) is 15.2. The monoisotopic (exact) mass is 411 g/mol. The van der Waals surface area contributed by atoms with Crippen molar-refractivity contribution in [1.82, 2.24) is 4.98 Å². The van der Waals surface area contributed by atoms with Crippen molar-refractivity contribution in [3.63, 3.8) is 0 Å². The van der Waals surface area contributed by atoms with E-state index in [4.69, 9.17) is 14.2 Å². The molecule has 0 saturated carbocycles. The third kappa shape index (κ3) is 3.24. The standard InChI is InChI=1S/C25H17NO5/c27-16-17-14-21(29-24(28)20-12-7-13-26-20)23-22(15-17)30-25(31-23,18-8-3-1-4-9-18)19-10-5-2-6-11-19/h1-16,26H. The number of nitrogens with one attached hydrogen (secondary N) is 1. The summed E-state index contributed by atoms with van der Waals surface area (Å²) in [6.45, 7) is 0. The van der Waals surface area contributed by atoms with Gasteiger partial charge in [0.2, 0.25) is 5.75 Å². The second-order valence-electron chi connectivity index (χ2n) is 6.99. The molecule has 5 rings (SSSR count). The lowest BCUT2D eigenvalue weighted by molar-refractivity contribution is -0.0467. The summed E-state index contributed by atoms with van der Waals surface area (Å²) < 4.78 is 18.3. The minimum Gasteiger partial charge on any atom is -0.440 e. The zero-order valence-corrected chi connectivity index (χ0v) is 16.3. The minimum atomic E-state index is -1.29. The fourth-order valence-corrected chi connectivity index (χ4v) is 3.57. The van der Waals surface area contributed by atoms with Gasteiger partial charge in [-0.25, -0.2) is 4.79 Å². The van der Waals surface area contributed by atoms with Gasteiger partial charge in [-0.1, -0.05) is 60.7 Å². The van der Waals surface area contributed by atoms with E-state index in [0.29, 0.717) is 17.6 Å². The van der Waals surface area contributed by atoms with Crippen LogP contribution in [-0.4, -0.2) is 17.2 Å². The molecule has 0 spiro atoms. The molecule has 1 aliphatic rings. The smallest absolute Gasteiger partial charge is 0.360 e. The second-order valence-corrected chi connectivity index (χ2v) is 6.99. The van der Waals surface area contributed by atoms with Crippen molar-refractivity contribution in [3.8, 4) is 17.2 Å². The number of aromatic nitrogens is 1. The van der Waals surface area contributed by atoms with Crippen molar-refractivity contribution in [2.75, 3.05) is 0 Å². The van der Waals surface area contributed by atoms with Gasteiger partial charge < -0.3 is 19.2 Å². The molecule has 4 aromatic rings. The molecule has 1 N–H and O–H groups in total. The molecule has 3 aromatic carbocycles. The predicted molar refractivity (Wildman–Crippen MR) is 113 cm³/mol. The number of carbonyl (C=O) groups excluding carboxylic acids is 2. The highest BCUT2D eigenvalue weighted by Gasteiger charge is 2.47. The molecule has 6 nitrogen and oxygen atoms in total. The summed E-state index contributed by atoms with van der Waals surface area (Å²) >= 11 is 0. The van der Waals surface area contributed by atoms with Gasteiger partial charge in [-0.15, -0.1) is 0 Å². The van der Waals surface area contributed by atoms with Gasteiger partial charge in [-0.2, -0.15) is 0 Å². The Balaban J connectivity index is 1.62. The maximum atomic E-state index is 12.5. The molecule has 6 heteroatoms. The number of esters is 1. The number of benzene rings is 3. The third-order valence-corrected chi connectivity index (χ3v) is 5.01. The Kier molecular flexibility index (Phi) is 4.52. The fourth-order valence-electron chi connectivity index (χ4n) is 3.57. The van der Waals surface area contributed by atoms with Gasteiger partial charge in [-0.3, -0.25) is 4.79 Å². The average molecular weight is 411 g/mol. The minimum absolute atomic E-state index is 0.105. The Bertz CT molecular complexity index is 1190. The number of carbonyl (C=O) groups is 2. The Morgan fingerprint density at radius 1 is 0.871 bits per heavy atom. The molecule has 0 fully saturated rings. The number of ether oxygens (including phenoxy) is 3. The fraction of sp³-hybridized carbons (Fsp3) is 0.0400. The van der Waals surface area contributed by atoms with Crippen LogP contribution in [-0.2, 0) is 5.79 Å². The van der Waals surface area contributed by atoms with Gasteiger partial charge in [0.15, 0.2) is 11.5 Å². The summed E-state index contributed by atoms with van der Waals surface area (Å²) in [7, 11) is 0. The molecule has 31 heavy (non-hydrogen) atoms. The van der Waals surface area contributed by atoms with Crippen LogP contribution < -0.4 is 14.2 Å². The molecule has 0 radical (unpaired) electrons. The zero-order valence-electron chi connectivity index (χ0n) is 16.3. The van der Waals surface area contributed by atoms with E-state index < -0.39 is 11.8 Å². The molecule has 1 aromatic heterocycles. The summed E-state index contributed by atoms with van der Waals surface area (Å²) in [6, 6.07) is 25.2. The molecule has 0 aliphatic carbocycles. The van der Waals surface area contributed by atoms with E-state index in [2.05, 4.69) is 4.98 Å². The number of hydrogen-bond donors (Lipinski definition) is 1. The SMILES string of the molecule is O=Cc1cc(OC(=O)c2ccc[nH]2)c2c(c1)OC(c1ccccc1)(c1ccccc1)O2. The molecule has 0 bridgehead atoms. The summed E-state index contributed by atoms with van der Waals surface area (Å²) in [4.78, 5) is 26.9. The van der Waals surface area contributed by atoms with E-state index in [1.54, 1.807) is 24.4 Å². The molecule has 0 unspecified atom stereocenters. The van der Waals surface area contributed by atoms with E-state index in [0.717, 1.165) is 11.1 Å². The lowest BCUT2D eigenvalue weighted by atomic mass is 9.97. The summed E-state index contributed by atoms with van der Waals surface area (Å²) in [5.41, 5.74) is 2.09. The van der Waals surface area contributed by atoms with Crippen LogP contribution in [0.3, 0.4) is 0 Å². The summed E-state index contributed by atoms with van der Waals surface area (Å²) in [5.74, 6) is -1.23. The summed E-state index contributed by atoms with van der Waals surface area (Å²) in [5, 5.41) is 0. The van der Waals surface area contributed by atoms with E-state index in [1.807, 2.05) is 60.7 Å². The lowest BCUT2D eigenvalue weighted by Crippen LogP contribution is -2.36. The largest absolute Gasteiger partial charge is 0.440 e. The first-order valence-electron chi connectivity index (χ1n) is 9.67. The molecule has 0 atom stereocenters. The number of aldehydes is 1. The van der Waals surface area contributed by atoms with E-state index in [-0.39, 0.29) is 17.2 Å². The number of H-pyrrole nitrogens is 1. The van der Waals surface area contributed by atoms with Crippen LogP contribution in [0.2, 0.25) is 0 Å². The Hall–Kier alpha value is -4.32. The Morgan fingerprint density at radius 3 is 2.13 bits per heavy atom. The number of hydrogen-bond acceptors (Lipinski definition) is 5. The molecule has 2 heterocycles. The van der Waals surface area contributed by atoms with Crippen LogP contribution in [0.25, 0.3) is 0 Å². The first kappa shape index (κ1) is 18.7. The van der Waals surface area contributed by atoms with Crippen LogP contribution in [0.4, 0.5) is 0 Å². The zero-order chi connectivity index (χ0) is 21.3. The van der Waals surface area contributed by atoms with Crippen molar-refractivity contribution in [3.05, 3.63) is 114 Å². The van der Waals surface area contributed by atoms with Crippen LogP contribution >= 0.6 is 0 Å². The first-order valence-corrected chi connectivity index (χ1v) is 9.67. The van der Waals surface area contributed by atoms with Crippen LogP contribution in [0, 0.1) is 0 Å². The van der Waals surface area contributed by atoms with Crippen molar-refractivity contribution >= 4 is 12.3 Å². The molecule has 152 valence electrons. The van der Waals surface area contributed by atoms with Crippen molar-refractivity contribution in [2.45, 2.75) is 5.79 Å². The highest BCUT2D eigenvalue weighted by Crippen LogP contribution is 2.52. The maximum absolute atomic E-state index is 12.5. The number of rotatable bonds is 5. The van der Waals surface area contributed by atoms with Crippen LogP contribution in [0.5, 0.6) is 17.2 Å². The molecule has 1 aliphatic heterocycles. The van der Waals surface area contributed by atoms with Gasteiger partial charge >= 0.3 is 11.8 Å². The molecule has 0 amide bonds.